The average molecular weight is 261 g/mol. The van der Waals surface area contributed by atoms with E-state index in [4.69, 9.17) is 0 Å². The lowest BCUT2D eigenvalue weighted by molar-refractivity contribution is 0.204. The first-order valence-electron chi connectivity index (χ1n) is 6.12. The standard InChI is InChI=1S/C15H19NOS/c1-15(2,3)18-10-14(17)12-6-7-13-11(9-12)5-4-8-16-13/h4-9,14,17H,10H2,1-3H3. The average Bonchev–Trinajstić information content (AvgIpc) is 2.34. The highest BCUT2D eigenvalue weighted by Crippen LogP contribution is 2.29. The number of nitrogens with zero attached hydrogens (tertiary/aromatic N) is 1. The van der Waals surface area contributed by atoms with Crippen molar-refractivity contribution >= 4 is 22.7 Å². The Balaban J connectivity index is 2.15. The summed E-state index contributed by atoms with van der Waals surface area (Å²) in [5.41, 5.74) is 1.93. The van der Waals surface area contributed by atoms with Gasteiger partial charge >= 0.3 is 0 Å². The molecule has 0 saturated carbocycles. The summed E-state index contributed by atoms with van der Waals surface area (Å²) in [6.45, 7) is 6.48. The molecule has 2 aromatic rings. The minimum absolute atomic E-state index is 0.180. The normalized spacial score (nSPS) is 13.8. The van der Waals surface area contributed by atoms with Gasteiger partial charge in [-0.3, -0.25) is 4.98 Å². The first-order chi connectivity index (χ1) is 8.46. The molecule has 0 aliphatic heterocycles. The predicted octanol–water partition coefficient (Wildman–Crippen LogP) is 3.80. The Morgan fingerprint density at radius 1 is 1.28 bits per heavy atom. The number of thioether (sulfide) groups is 1. The third kappa shape index (κ3) is 3.47. The third-order valence-electron chi connectivity index (χ3n) is 2.69. The summed E-state index contributed by atoms with van der Waals surface area (Å²) < 4.78 is 0.180. The van der Waals surface area contributed by atoms with Crippen LogP contribution in [0.15, 0.2) is 36.5 Å². The molecule has 96 valence electrons. The maximum absolute atomic E-state index is 10.2. The SMILES string of the molecule is CC(C)(C)SCC(O)c1ccc2ncccc2c1. The van der Waals surface area contributed by atoms with Gasteiger partial charge in [0.25, 0.3) is 0 Å². The molecular formula is C15H19NOS. The summed E-state index contributed by atoms with van der Waals surface area (Å²) >= 11 is 1.78. The van der Waals surface area contributed by atoms with E-state index >= 15 is 0 Å². The number of rotatable bonds is 3. The van der Waals surface area contributed by atoms with Crippen LogP contribution in [0.25, 0.3) is 10.9 Å². The topological polar surface area (TPSA) is 33.1 Å². The van der Waals surface area contributed by atoms with Crippen LogP contribution in [0.5, 0.6) is 0 Å². The molecule has 0 spiro atoms. The number of aromatic nitrogens is 1. The lowest BCUT2D eigenvalue weighted by Crippen LogP contribution is -2.12. The molecule has 0 saturated heterocycles. The number of hydrogen-bond donors (Lipinski definition) is 1. The van der Waals surface area contributed by atoms with Gasteiger partial charge in [-0.1, -0.05) is 32.9 Å². The van der Waals surface area contributed by atoms with Crippen molar-refractivity contribution in [3.05, 3.63) is 42.1 Å². The zero-order valence-electron chi connectivity index (χ0n) is 11.1. The lowest BCUT2D eigenvalue weighted by atomic mass is 10.1. The van der Waals surface area contributed by atoms with Crippen LogP contribution in [0.2, 0.25) is 0 Å². The number of hydrogen-bond acceptors (Lipinski definition) is 3. The van der Waals surface area contributed by atoms with E-state index in [1.165, 1.54) is 0 Å². The van der Waals surface area contributed by atoms with Crippen molar-refractivity contribution in [2.24, 2.45) is 0 Å². The Kier molecular flexibility index (Phi) is 3.93. The minimum atomic E-state index is -0.418. The van der Waals surface area contributed by atoms with Crippen molar-refractivity contribution in [1.29, 1.82) is 0 Å². The molecule has 1 N–H and O–H groups in total. The van der Waals surface area contributed by atoms with Crippen molar-refractivity contribution in [2.75, 3.05) is 5.75 Å². The van der Waals surface area contributed by atoms with Gasteiger partial charge in [-0.2, -0.15) is 11.8 Å². The Morgan fingerprint density at radius 3 is 2.78 bits per heavy atom. The molecule has 18 heavy (non-hydrogen) atoms. The highest BCUT2D eigenvalue weighted by Gasteiger charge is 2.15. The molecule has 1 aromatic heterocycles. The molecule has 3 heteroatoms. The van der Waals surface area contributed by atoms with Gasteiger partial charge in [-0.05, 0) is 23.8 Å². The molecule has 0 aliphatic rings. The second kappa shape index (κ2) is 5.29. The molecule has 1 aromatic carbocycles. The van der Waals surface area contributed by atoms with Gasteiger partial charge in [-0.25, -0.2) is 0 Å². The van der Waals surface area contributed by atoms with Gasteiger partial charge in [0.15, 0.2) is 0 Å². The van der Waals surface area contributed by atoms with E-state index in [1.54, 1.807) is 18.0 Å². The van der Waals surface area contributed by atoms with Gasteiger partial charge < -0.3 is 5.11 Å². The molecule has 0 amide bonds. The fourth-order valence-electron chi connectivity index (χ4n) is 1.73. The highest BCUT2D eigenvalue weighted by molar-refractivity contribution is 8.00. The van der Waals surface area contributed by atoms with E-state index < -0.39 is 6.10 Å². The molecule has 1 atom stereocenters. The van der Waals surface area contributed by atoms with Crippen molar-refractivity contribution in [2.45, 2.75) is 31.6 Å². The number of fused-ring (bicyclic) bond motifs is 1. The van der Waals surface area contributed by atoms with E-state index in [0.29, 0.717) is 0 Å². The molecule has 0 radical (unpaired) electrons. The first-order valence-corrected chi connectivity index (χ1v) is 7.11. The summed E-state index contributed by atoms with van der Waals surface area (Å²) in [6, 6.07) is 9.90. The Bertz CT molecular complexity index is 533. The number of benzene rings is 1. The number of aliphatic hydroxyl groups is 1. The quantitative estimate of drug-likeness (QED) is 0.912. The van der Waals surface area contributed by atoms with Crippen LogP contribution in [-0.2, 0) is 0 Å². The summed E-state index contributed by atoms with van der Waals surface area (Å²) in [5, 5.41) is 11.3. The fraction of sp³-hybridized carbons (Fsp3) is 0.400. The zero-order valence-corrected chi connectivity index (χ0v) is 11.9. The van der Waals surface area contributed by atoms with Crippen LogP contribution in [0.4, 0.5) is 0 Å². The molecular weight excluding hydrogens is 242 g/mol. The van der Waals surface area contributed by atoms with E-state index in [1.807, 2.05) is 30.3 Å². The Labute approximate surface area is 112 Å². The molecule has 2 nitrogen and oxygen atoms in total. The summed E-state index contributed by atoms with van der Waals surface area (Å²) in [5.74, 6) is 0.718. The second-order valence-electron chi connectivity index (χ2n) is 5.39. The van der Waals surface area contributed by atoms with Gasteiger partial charge in [0.05, 0.1) is 11.6 Å². The van der Waals surface area contributed by atoms with Gasteiger partial charge in [-0.15, -0.1) is 0 Å². The maximum Gasteiger partial charge on any atom is 0.0880 e. The molecule has 0 bridgehead atoms. The van der Waals surface area contributed by atoms with Crippen LogP contribution in [-0.4, -0.2) is 20.6 Å². The second-order valence-corrected chi connectivity index (χ2v) is 7.24. The first kappa shape index (κ1) is 13.4. The van der Waals surface area contributed by atoms with Crippen molar-refractivity contribution in [3.8, 4) is 0 Å². The van der Waals surface area contributed by atoms with Crippen LogP contribution in [0.3, 0.4) is 0 Å². The van der Waals surface area contributed by atoms with Gasteiger partial charge in [0.2, 0.25) is 0 Å². The molecule has 1 unspecified atom stereocenters. The summed E-state index contributed by atoms with van der Waals surface area (Å²) in [4.78, 5) is 4.28. The smallest absolute Gasteiger partial charge is 0.0880 e. The van der Waals surface area contributed by atoms with Crippen LogP contribution in [0, 0.1) is 0 Å². The zero-order chi connectivity index (χ0) is 13.2. The van der Waals surface area contributed by atoms with Crippen molar-refractivity contribution in [3.63, 3.8) is 0 Å². The van der Waals surface area contributed by atoms with Crippen LogP contribution in [0.1, 0.15) is 32.4 Å². The van der Waals surface area contributed by atoms with Gasteiger partial charge in [0, 0.05) is 22.1 Å². The van der Waals surface area contributed by atoms with Gasteiger partial charge in [0.1, 0.15) is 0 Å². The molecule has 0 fully saturated rings. The molecule has 0 aliphatic carbocycles. The molecule has 1 heterocycles. The number of pyridine rings is 1. The van der Waals surface area contributed by atoms with Crippen molar-refractivity contribution in [1.82, 2.24) is 4.98 Å². The number of aliphatic hydroxyl groups excluding tert-OH is 1. The van der Waals surface area contributed by atoms with E-state index in [0.717, 1.165) is 22.2 Å². The predicted molar refractivity (Wildman–Crippen MR) is 78.9 cm³/mol. The van der Waals surface area contributed by atoms with Crippen molar-refractivity contribution < 1.29 is 5.11 Å². The van der Waals surface area contributed by atoms with E-state index in [-0.39, 0.29) is 4.75 Å². The fourth-order valence-corrected chi connectivity index (χ4v) is 2.58. The van der Waals surface area contributed by atoms with Crippen LogP contribution < -0.4 is 0 Å². The van der Waals surface area contributed by atoms with Crippen LogP contribution >= 0.6 is 11.8 Å². The lowest BCUT2D eigenvalue weighted by Gasteiger charge is -2.20. The third-order valence-corrected chi connectivity index (χ3v) is 4.03. The van der Waals surface area contributed by atoms with E-state index in [9.17, 15) is 5.11 Å². The Morgan fingerprint density at radius 2 is 2.06 bits per heavy atom. The summed E-state index contributed by atoms with van der Waals surface area (Å²) in [7, 11) is 0. The highest BCUT2D eigenvalue weighted by atomic mass is 32.2. The summed E-state index contributed by atoms with van der Waals surface area (Å²) in [6.07, 6.45) is 1.37. The monoisotopic (exact) mass is 261 g/mol. The van der Waals surface area contributed by atoms with E-state index in [2.05, 4.69) is 25.8 Å². The largest absolute Gasteiger partial charge is 0.388 e. The molecule has 2 rings (SSSR count). The minimum Gasteiger partial charge on any atom is -0.388 e. The maximum atomic E-state index is 10.2. The Hall–Kier alpha value is -1.06.